The van der Waals surface area contributed by atoms with E-state index in [-0.39, 0.29) is 11.9 Å². The van der Waals surface area contributed by atoms with Gasteiger partial charge in [0.05, 0.1) is 29.2 Å². The van der Waals surface area contributed by atoms with Gasteiger partial charge in [-0.1, -0.05) is 48.0 Å². The molecule has 132 valence electrons. The summed E-state index contributed by atoms with van der Waals surface area (Å²) in [6, 6.07) is 18.4. The van der Waals surface area contributed by atoms with Gasteiger partial charge in [0.15, 0.2) is 0 Å². The molecule has 1 aromatic heterocycles. The van der Waals surface area contributed by atoms with E-state index in [4.69, 9.17) is 0 Å². The zero-order chi connectivity index (χ0) is 18.1. The van der Waals surface area contributed by atoms with Gasteiger partial charge in [-0.3, -0.25) is 4.79 Å². The van der Waals surface area contributed by atoms with Crippen molar-refractivity contribution in [2.24, 2.45) is 5.92 Å². The van der Waals surface area contributed by atoms with Crippen LogP contribution in [0.25, 0.3) is 5.69 Å². The first-order valence-corrected chi connectivity index (χ1v) is 9.11. The highest BCUT2D eigenvalue weighted by Crippen LogP contribution is 2.41. The highest BCUT2D eigenvalue weighted by molar-refractivity contribution is 5.95. The highest BCUT2D eigenvalue weighted by atomic mass is 16.1. The number of amides is 1. The van der Waals surface area contributed by atoms with Gasteiger partial charge in [0.2, 0.25) is 0 Å². The maximum absolute atomic E-state index is 12.9. The lowest BCUT2D eigenvalue weighted by Crippen LogP contribution is -2.30. The molecule has 1 atom stereocenters. The van der Waals surface area contributed by atoms with Crippen molar-refractivity contribution in [3.8, 4) is 5.69 Å². The Labute approximate surface area is 153 Å². The summed E-state index contributed by atoms with van der Waals surface area (Å²) in [5.41, 5.74) is 4.86. The molecule has 1 unspecified atom stereocenters. The molecule has 1 fully saturated rings. The van der Waals surface area contributed by atoms with E-state index in [1.165, 1.54) is 24.0 Å². The lowest BCUT2D eigenvalue weighted by atomic mass is 10.0. The Morgan fingerprint density at radius 2 is 1.77 bits per heavy atom. The summed E-state index contributed by atoms with van der Waals surface area (Å²) in [5.74, 6) is 0.480. The molecule has 4 rings (SSSR count). The van der Waals surface area contributed by atoms with Gasteiger partial charge >= 0.3 is 0 Å². The first-order valence-electron chi connectivity index (χ1n) is 9.11. The first kappa shape index (κ1) is 16.6. The molecular weight excluding hydrogens is 322 g/mol. The minimum atomic E-state index is -0.0536. The lowest BCUT2D eigenvalue weighted by molar-refractivity contribution is 0.0931. The van der Waals surface area contributed by atoms with Crippen molar-refractivity contribution in [3.05, 3.63) is 83.2 Å². The lowest BCUT2D eigenvalue weighted by Gasteiger charge is -2.19. The number of para-hydroxylation sites is 1. The Balaban J connectivity index is 1.57. The summed E-state index contributed by atoms with van der Waals surface area (Å²) < 4.78 is 1.81. The van der Waals surface area contributed by atoms with Crippen molar-refractivity contribution in [2.45, 2.75) is 32.7 Å². The van der Waals surface area contributed by atoms with Gasteiger partial charge in [-0.05, 0) is 50.3 Å². The van der Waals surface area contributed by atoms with Crippen LogP contribution in [0.15, 0.2) is 60.8 Å². The molecule has 0 radical (unpaired) electrons. The Bertz CT molecular complexity index is 908. The van der Waals surface area contributed by atoms with Gasteiger partial charge in [0.25, 0.3) is 5.91 Å². The van der Waals surface area contributed by atoms with Crippen molar-refractivity contribution in [3.63, 3.8) is 0 Å². The third kappa shape index (κ3) is 3.27. The highest BCUT2D eigenvalue weighted by Gasteiger charge is 2.34. The van der Waals surface area contributed by atoms with Crippen LogP contribution in [0.5, 0.6) is 0 Å². The van der Waals surface area contributed by atoms with Gasteiger partial charge in [0.1, 0.15) is 0 Å². The Kier molecular flexibility index (Phi) is 4.33. The molecule has 4 heteroatoms. The van der Waals surface area contributed by atoms with Crippen LogP contribution >= 0.6 is 0 Å². The van der Waals surface area contributed by atoms with E-state index in [1.54, 1.807) is 6.20 Å². The molecule has 0 saturated heterocycles. The quantitative estimate of drug-likeness (QED) is 0.746. The van der Waals surface area contributed by atoms with E-state index < -0.39 is 0 Å². The second-order valence-corrected chi connectivity index (χ2v) is 7.09. The predicted octanol–water partition coefficient (Wildman–Crippen LogP) is 4.37. The minimum absolute atomic E-state index is 0.0536. The number of nitrogens with one attached hydrogen (secondary N) is 1. The Morgan fingerprint density at radius 3 is 2.42 bits per heavy atom. The fourth-order valence-corrected chi connectivity index (χ4v) is 3.36. The van der Waals surface area contributed by atoms with E-state index in [9.17, 15) is 4.79 Å². The molecule has 1 amide bonds. The van der Waals surface area contributed by atoms with Crippen molar-refractivity contribution in [1.29, 1.82) is 0 Å². The van der Waals surface area contributed by atoms with Crippen LogP contribution < -0.4 is 5.32 Å². The standard InChI is InChI=1S/C22H23N3O/c1-15-8-10-17(11-9-15)21(18-12-13-18)24-22(26)20-14-23-25(16(20)2)19-6-4-3-5-7-19/h3-11,14,18,21H,12-13H2,1-2H3,(H,24,26). The first-order chi connectivity index (χ1) is 12.6. The van der Waals surface area contributed by atoms with Gasteiger partial charge < -0.3 is 5.32 Å². The van der Waals surface area contributed by atoms with Crippen LogP contribution in [0.3, 0.4) is 0 Å². The van der Waals surface area contributed by atoms with Crippen molar-refractivity contribution < 1.29 is 4.79 Å². The maximum Gasteiger partial charge on any atom is 0.255 e. The number of carbonyl (C=O) groups is 1. The van der Waals surface area contributed by atoms with Crippen LogP contribution in [-0.2, 0) is 0 Å². The summed E-state index contributed by atoms with van der Waals surface area (Å²) in [4.78, 5) is 12.9. The average Bonchev–Trinajstić information content (AvgIpc) is 3.43. The Hall–Kier alpha value is -2.88. The number of benzene rings is 2. The van der Waals surface area contributed by atoms with Crippen LogP contribution in [0, 0.1) is 19.8 Å². The fraction of sp³-hybridized carbons (Fsp3) is 0.273. The van der Waals surface area contributed by atoms with Crippen LogP contribution in [0.4, 0.5) is 0 Å². The number of aryl methyl sites for hydroxylation is 1. The number of carbonyl (C=O) groups excluding carboxylic acids is 1. The summed E-state index contributed by atoms with van der Waals surface area (Å²) in [6.45, 7) is 4.02. The third-order valence-electron chi connectivity index (χ3n) is 5.07. The van der Waals surface area contributed by atoms with Gasteiger partial charge in [-0.15, -0.1) is 0 Å². The molecule has 0 aliphatic heterocycles. The number of rotatable bonds is 5. The van der Waals surface area contributed by atoms with Crippen LogP contribution in [-0.4, -0.2) is 15.7 Å². The molecule has 26 heavy (non-hydrogen) atoms. The number of hydrogen-bond acceptors (Lipinski definition) is 2. The maximum atomic E-state index is 12.9. The second kappa shape index (κ2) is 6.79. The topological polar surface area (TPSA) is 46.9 Å². The SMILES string of the molecule is Cc1ccc(C(NC(=O)c2cnn(-c3ccccc3)c2C)C2CC2)cc1. The fourth-order valence-electron chi connectivity index (χ4n) is 3.36. The number of aromatic nitrogens is 2. The normalized spacial score (nSPS) is 14.8. The zero-order valence-electron chi connectivity index (χ0n) is 15.1. The molecule has 3 aromatic rings. The van der Waals surface area contributed by atoms with Gasteiger partial charge in [-0.25, -0.2) is 4.68 Å². The summed E-state index contributed by atoms with van der Waals surface area (Å²) in [6.07, 6.45) is 4.00. The monoisotopic (exact) mass is 345 g/mol. The molecular formula is C22H23N3O. The van der Waals surface area contributed by atoms with Crippen molar-refractivity contribution in [2.75, 3.05) is 0 Å². The number of nitrogens with zero attached hydrogens (tertiary/aromatic N) is 2. The van der Waals surface area contributed by atoms with E-state index >= 15 is 0 Å². The molecule has 1 aliphatic rings. The molecule has 1 saturated carbocycles. The third-order valence-corrected chi connectivity index (χ3v) is 5.07. The summed E-state index contributed by atoms with van der Waals surface area (Å²) in [5, 5.41) is 7.66. The van der Waals surface area contributed by atoms with Crippen LogP contribution in [0.2, 0.25) is 0 Å². The largest absolute Gasteiger partial charge is 0.345 e. The zero-order valence-corrected chi connectivity index (χ0v) is 15.1. The summed E-state index contributed by atoms with van der Waals surface area (Å²) in [7, 11) is 0. The predicted molar refractivity (Wildman–Crippen MR) is 102 cm³/mol. The molecule has 1 N–H and O–H groups in total. The molecule has 1 aliphatic carbocycles. The van der Waals surface area contributed by atoms with Gasteiger partial charge in [0, 0.05) is 0 Å². The molecule has 1 heterocycles. The molecule has 0 bridgehead atoms. The van der Waals surface area contributed by atoms with Crippen LogP contribution in [0.1, 0.15) is 46.1 Å². The number of hydrogen-bond donors (Lipinski definition) is 1. The van der Waals surface area contributed by atoms with Crippen molar-refractivity contribution in [1.82, 2.24) is 15.1 Å². The van der Waals surface area contributed by atoms with Gasteiger partial charge in [-0.2, -0.15) is 5.10 Å². The van der Waals surface area contributed by atoms with E-state index in [1.807, 2.05) is 41.9 Å². The minimum Gasteiger partial charge on any atom is -0.345 e. The average molecular weight is 345 g/mol. The second-order valence-electron chi connectivity index (χ2n) is 7.09. The van der Waals surface area contributed by atoms with E-state index in [2.05, 4.69) is 41.6 Å². The molecule has 0 spiro atoms. The molecule has 4 nitrogen and oxygen atoms in total. The van der Waals surface area contributed by atoms with E-state index in [0.29, 0.717) is 11.5 Å². The molecule has 2 aromatic carbocycles. The Morgan fingerprint density at radius 1 is 1.08 bits per heavy atom. The van der Waals surface area contributed by atoms with Crippen molar-refractivity contribution >= 4 is 5.91 Å². The van der Waals surface area contributed by atoms with E-state index in [0.717, 1.165) is 11.4 Å². The smallest absolute Gasteiger partial charge is 0.255 e. The summed E-state index contributed by atoms with van der Waals surface area (Å²) >= 11 is 0.